The summed E-state index contributed by atoms with van der Waals surface area (Å²) in [7, 11) is 1.34. The molecular formula is C36H34BrN3O4S. The number of rotatable bonds is 7. The fraction of sp³-hybridized carbons (Fsp3) is 0.250. The third-order valence-corrected chi connectivity index (χ3v) is 9.58. The number of hydrogen-bond acceptors (Lipinski definition) is 6. The number of benzene rings is 3. The Labute approximate surface area is 273 Å². The number of aromatic nitrogens is 2. The van der Waals surface area contributed by atoms with Crippen molar-refractivity contribution in [1.82, 2.24) is 9.13 Å². The van der Waals surface area contributed by atoms with Crippen LogP contribution in [0.25, 0.3) is 17.0 Å². The van der Waals surface area contributed by atoms with Crippen molar-refractivity contribution in [2.24, 2.45) is 4.99 Å². The van der Waals surface area contributed by atoms with Gasteiger partial charge in [-0.25, -0.2) is 9.79 Å². The lowest BCUT2D eigenvalue weighted by atomic mass is 9.95. The second-order valence-electron chi connectivity index (χ2n) is 11.5. The van der Waals surface area contributed by atoms with E-state index in [2.05, 4.69) is 76.8 Å². The number of nitrogens with zero attached hydrogens (tertiary/aromatic N) is 3. The molecule has 0 bridgehead atoms. The number of fused-ring (bicyclic) bond motifs is 2. The molecule has 230 valence electrons. The van der Waals surface area contributed by atoms with Crippen LogP contribution in [0.3, 0.4) is 0 Å². The van der Waals surface area contributed by atoms with Crippen molar-refractivity contribution in [3.63, 3.8) is 0 Å². The summed E-state index contributed by atoms with van der Waals surface area (Å²) in [4.78, 5) is 33.0. The summed E-state index contributed by atoms with van der Waals surface area (Å²) in [6.07, 6.45) is 1.86. The number of carbonyl (C=O) groups excluding carboxylic acids is 1. The second-order valence-corrected chi connectivity index (χ2v) is 13.4. The summed E-state index contributed by atoms with van der Waals surface area (Å²) in [5, 5.41) is 1.08. The highest BCUT2D eigenvalue weighted by molar-refractivity contribution is 9.10. The van der Waals surface area contributed by atoms with Crippen LogP contribution in [0.5, 0.6) is 5.75 Å². The number of para-hydroxylation sites is 1. The maximum absolute atomic E-state index is 14.4. The van der Waals surface area contributed by atoms with Crippen LogP contribution in [0.2, 0.25) is 0 Å². The first kappa shape index (κ1) is 30.8. The summed E-state index contributed by atoms with van der Waals surface area (Å²) in [5.41, 5.74) is 6.80. The molecule has 3 aromatic carbocycles. The Morgan fingerprint density at radius 2 is 1.82 bits per heavy atom. The molecule has 0 fully saturated rings. The molecule has 0 aliphatic carbocycles. The molecule has 0 amide bonds. The average molecular weight is 685 g/mol. The first-order valence-corrected chi connectivity index (χ1v) is 16.4. The van der Waals surface area contributed by atoms with Crippen molar-refractivity contribution in [3.8, 4) is 5.75 Å². The van der Waals surface area contributed by atoms with Crippen LogP contribution in [0.15, 0.2) is 92.3 Å². The SMILES string of the molecule is COC(=O)C1=C(C)N=c2s/c(=C\c3c(C)n(Cc4ccccc4)c4c(C)cccc34)c(=O)n2[C@@H]1c1cc(Br)ccc1OC(C)C. The Balaban J connectivity index is 1.60. The highest BCUT2D eigenvalue weighted by Gasteiger charge is 2.35. The van der Waals surface area contributed by atoms with E-state index < -0.39 is 12.0 Å². The fourth-order valence-electron chi connectivity index (χ4n) is 6.10. The van der Waals surface area contributed by atoms with E-state index in [0.29, 0.717) is 38.5 Å². The number of thiazole rings is 1. The molecule has 0 radical (unpaired) electrons. The molecule has 0 saturated heterocycles. The predicted octanol–water partition coefficient (Wildman–Crippen LogP) is 6.58. The number of ether oxygens (including phenoxy) is 2. The first-order chi connectivity index (χ1) is 21.6. The van der Waals surface area contributed by atoms with Gasteiger partial charge >= 0.3 is 5.97 Å². The number of halogens is 1. The molecular weight excluding hydrogens is 650 g/mol. The van der Waals surface area contributed by atoms with Crippen LogP contribution in [0, 0.1) is 13.8 Å². The van der Waals surface area contributed by atoms with Gasteiger partial charge in [0.1, 0.15) is 11.8 Å². The summed E-state index contributed by atoms with van der Waals surface area (Å²) in [6.45, 7) is 10.6. The quantitative estimate of drug-likeness (QED) is 0.182. The molecule has 0 N–H and O–H groups in total. The van der Waals surface area contributed by atoms with Gasteiger partial charge < -0.3 is 14.0 Å². The van der Waals surface area contributed by atoms with Crippen molar-refractivity contribution >= 4 is 50.2 Å². The normalized spacial score (nSPS) is 15.0. The first-order valence-electron chi connectivity index (χ1n) is 14.8. The van der Waals surface area contributed by atoms with Crippen molar-refractivity contribution in [2.45, 2.75) is 53.3 Å². The summed E-state index contributed by atoms with van der Waals surface area (Å²) < 4.78 is 16.7. The van der Waals surface area contributed by atoms with Gasteiger partial charge in [-0.05, 0) is 70.0 Å². The van der Waals surface area contributed by atoms with Gasteiger partial charge in [0.15, 0.2) is 4.80 Å². The molecule has 7 nitrogen and oxygen atoms in total. The van der Waals surface area contributed by atoms with Gasteiger partial charge in [-0.2, -0.15) is 0 Å². The molecule has 3 heterocycles. The minimum absolute atomic E-state index is 0.118. The number of methoxy groups -OCH3 is 1. The fourth-order valence-corrected chi connectivity index (χ4v) is 7.51. The Bertz CT molecular complexity index is 2170. The zero-order valence-electron chi connectivity index (χ0n) is 26.1. The van der Waals surface area contributed by atoms with E-state index in [1.54, 1.807) is 11.5 Å². The largest absolute Gasteiger partial charge is 0.491 e. The summed E-state index contributed by atoms with van der Waals surface area (Å²) in [5.74, 6) is 0.0421. The lowest BCUT2D eigenvalue weighted by molar-refractivity contribution is -0.136. The maximum Gasteiger partial charge on any atom is 0.338 e. The molecule has 1 atom stereocenters. The molecule has 2 aromatic heterocycles. The molecule has 1 aliphatic rings. The summed E-state index contributed by atoms with van der Waals surface area (Å²) in [6, 6.07) is 21.5. The van der Waals surface area contributed by atoms with Crippen LogP contribution in [-0.2, 0) is 16.1 Å². The van der Waals surface area contributed by atoms with E-state index in [1.807, 2.05) is 44.2 Å². The van der Waals surface area contributed by atoms with E-state index in [1.165, 1.54) is 29.6 Å². The number of allylic oxidation sites excluding steroid dienone is 1. The van der Waals surface area contributed by atoms with Crippen LogP contribution >= 0.6 is 27.3 Å². The zero-order valence-corrected chi connectivity index (χ0v) is 28.5. The van der Waals surface area contributed by atoms with E-state index in [9.17, 15) is 9.59 Å². The topological polar surface area (TPSA) is 74.8 Å². The lowest BCUT2D eigenvalue weighted by Gasteiger charge is -2.26. The van der Waals surface area contributed by atoms with Gasteiger partial charge in [0.05, 0.1) is 34.5 Å². The Morgan fingerprint density at radius 3 is 2.53 bits per heavy atom. The Hall–Kier alpha value is -4.21. The zero-order chi connectivity index (χ0) is 32.0. The van der Waals surface area contributed by atoms with Gasteiger partial charge in [-0.15, -0.1) is 0 Å². The highest BCUT2D eigenvalue weighted by atomic mass is 79.9. The van der Waals surface area contributed by atoms with Crippen LogP contribution in [0.1, 0.15) is 54.8 Å². The van der Waals surface area contributed by atoms with Crippen molar-refractivity contribution in [2.75, 3.05) is 7.11 Å². The van der Waals surface area contributed by atoms with Crippen molar-refractivity contribution < 1.29 is 14.3 Å². The third-order valence-electron chi connectivity index (χ3n) is 8.11. The number of aryl methyl sites for hydroxylation is 1. The monoisotopic (exact) mass is 683 g/mol. The van der Waals surface area contributed by atoms with Crippen LogP contribution in [-0.4, -0.2) is 28.3 Å². The van der Waals surface area contributed by atoms with Gasteiger partial charge in [0.25, 0.3) is 5.56 Å². The minimum atomic E-state index is -0.787. The number of carbonyl (C=O) groups is 1. The van der Waals surface area contributed by atoms with Crippen molar-refractivity contribution in [1.29, 1.82) is 0 Å². The number of hydrogen-bond donors (Lipinski definition) is 0. The maximum atomic E-state index is 14.4. The van der Waals surface area contributed by atoms with E-state index >= 15 is 0 Å². The lowest BCUT2D eigenvalue weighted by Crippen LogP contribution is -2.40. The standard InChI is InChI=1S/C36H34BrN3O4S/c1-20(2)44-29-16-15-25(37)17-28(29)33-31(35(42)43-6)22(4)38-36-40(33)34(41)30(45-36)18-27-23(5)39(19-24-12-8-7-9-13-24)32-21(3)11-10-14-26(27)32/h7-18,20,33H,19H2,1-6H3/b30-18-/t33-/m1/s1. The minimum Gasteiger partial charge on any atom is -0.491 e. The predicted molar refractivity (Wildman–Crippen MR) is 183 cm³/mol. The van der Waals surface area contributed by atoms with E-state index in [4.69, 9.17) is 14.5 Å². The van der Waals surface area contributed by atoms with Crippen molar-refractivity contribution in [3.05, 3.63) is 130 Å². The van der Waals surface area contributed by atoms with Gasteiger partial charge in [-0.1, -0.05) is 75.8 Å². The smallest absolute Gasteiger partial charge is 0.338 e. The molecule has 0 spiro atoms. The van der Waals surface area contributed by atoms with Gasteiger partial charge in [-0.3, -0.25) is 9.36 Å². The molecule has 0 unspecified atom stereocenters. The number of esters is 1. The molecule has 9 heteroatoms. The van der Waals surface area contributed by atoms with Crippen LogP contribution < -0.4 is 19.6 Å². The molecule has 5 aromatic rings. The van der Waals surface area contributed by atoms with E-state index in [0.717, 1.165) is 26.6 Å². The Kier molecular flexibility index (Phi) is 8.41. The molecule has 1 aliphatic heterocycles. The highest BCUT2D eigenvalue weighted by Crippen LogP contribution is 2.38. The van der Waals surface area contributed by atoms with E-state index in [-0.39, 0.29) is 11.7 Å². The molecule has 0 saturated carbocycles. The second kappa shape index (κ2) is 12.3. The average Bonchev–Trinajstić information content (AvgIpc) is 3.46. The van der Waals surface area contributed by atoms with Gasteiger partial charge in [0, 0.05) is 33.2 Å². The van der Waals surface area contributed by atoms with Gasteiger partial charge in [0.2, 0.25) is 0 Å². The molecule has 6 rings (SSSR count). The van der Waals surface area contributed by atoms with Crippen LogP contribution in [0.4, 0.5) is 0 Å². The summed E-state index contributed by atoms with van der Waals surface area (Å²) >= 11 is 4.90. The Morgan fingerprint density at radius 1 is 1.07 bits per heavy atom. The third kappa shape index (κ3) is 5.59. The molecule has 45 heavy (non-hydrogen) atoms.